The molecule has 0 aliphatic rings. The highest BCUT2D eigenvalue weighted by atomic mass is 19.1. The second-order valence-electron chi connectivity index (χ2n) is 3.00. The minimum absolute atomic E-state index is 0.206. The van der Waals surface area contributed by atoms with Crippen LogP contribution in [0.3, 0.4) is 0 Å². The smallest absolute Gasteiger partial charge is 0.187 e. The van der Waals surface area contributed by atoms with Gasteiger partial charge >= 0.3 is 0 Å². The van der Waals surface area contributed by atoms with Crippen LogP contribution in [0, 0.1) is 45.6 Å². The first kappa shape index (κ1) is 13.0. The number of phenols is 1. The van der Waals surface area contributed by atoms with Crippen molar-refractivity contribution in [2.24, 2.45) is 0 Å². The van der Waals surface area contributed by atoms with E-state index in [9.17, 15) is 8.78 Å². The highest BCUT2D eigenvalue weighted by molar-refractivity contribution is 5.59. The van der Waals surface area contributed by atoms with Crippen molar-refractivity contribution in [3.8, 4) is 24.0 Å². The van der Waals surface area contributed by atoms with E-state index in [0.717, 1.165) is 12.1 Å². The van der Waals surface area contributed by atoms with Crippen LogP contribution >= 0.6 is 0 Å². The summed E-state index contributed by atoms with van der Waals surface area (Å²) in [6.45, 7) is 0. The molecule has 0 saturated heterocycles. The number of hydrogen-bond acceptors (Lipinski definition) is 5. The molecule has 0 amide bonds. The largest absolute Gasteiger partial charge is 0.503 e. The first-order valence-corrected chi connectivity index (χ1v) is 4.43. The summed E-state index contributed by atoms with van der Waals surface area (Å²) in [7, 11) is 0. The Balaban J connectivity index is 3.22. The number of aromatic hydroxyl groups is 1. The second kappa shape index (κ2) is 5.29. The third-order valence-electron chi connectivity index (χ3n) is 1.87. The average molecular weight is 246 g/mol. The lowest BCUT2D eigenvalue weighted by atomic mass is 10.2. The number of nitrogens with one attached hydrogen (secondary N) is 1. The van der Waals surface area contributed by atoms with E-state index < -0.39 is 28.7 Å². The zero-order valence-corrected chi connectivity index (χ0v) is 8.70. The molecule has 0 unspecified atom stereocenters. The number of benzene rings is 1. The van der Waals surface area contributed by atoms with Gasteiger partial charge in [0.1, 0.15) is 23.9 Å². The number of halogens is 2. The molecule has 0 radical (unpaired) electrons. The molecule has 1 rings (SSSR count). The molecule has 0 aliphatic carbocycles. The molecular formula is C11H4F2N4O. The molecule has 0 heterocycles. The third kappa shape index (κ3) is 2.52. The minimum atomic E-state index is -1.23. The summed E-state index contributed by atoms with van der Waals surface area (Å²) in [5.74, 6) is -3.61. The fraction of sp³-hybridized carbons (Fsp3) is 0. The Morgan fingerprint density at radius 2 is 1.56 bits per heavy atom. The Morgan fingerprint density at radius 1 is 1.06 bits per heavy atom. The highest BCUT2D eigenvalue weighted by Gasteiger charge is 2.12. The summed E-state index contributed by atoms with van der Waals surface area (Å²) in [4.78, 5) is 0. The Kier molecular flexibility index (Phi) is 3.81. The summed E-state index contributed by atoms with van der Waals surface area (Å²) in [6, 6.07) is 5.89. The van der Waals surface area contributed by atoms with E-state index in [4.69, 9.17) is 20.9 Å². The number of phenolic OH excluding ortho intramolecular Hbond substituents is 1. The van der Waals surface area contributed by atoms with Crippen LogP contribution in [0.15, 0.2) is 23.4 Å². The van der Waals surface area contributed by atoms with Crippen LogP contribution in [0.2, 0.25) is 0 Å². The van der Waals surface area contributed by atoms with Crippen molar-refractivity contribution in [2.45, 2.75) is 0 Å². The number of nitrogens with zero attached hydrogens (tertiary/aromatic N) is 3. The zero-order chi connectivity index (χ0) is 13.7. The van der Waals surface area contributed by atoms with Crippen molar-refractivity contribution in [3.63, 3.8) is 0 Å². The van der Waals surface area contributed by atoms with Crippen LogP contribution in [-0.4, -0.2) is 5.11 Å². The summed E-state index contributed by atoms with van der Waals surface area (Å²) in [5, 5.41) is 36.9. The summed E-state index contributed by atoms with van der Waals surface area (Å²) >= 11 is 0. The fourth-order valence-electron chi connectivity index (χ4n) is 1.07. The molecule has 88 valence electrons. The number of allylic oxidation sites excluding steroid dienone is 2. The van der Waals surface area contributed by atoms with Gasteiger partial charge < -0.3 is 10.4 Å². The van der Waals surface area contributed by atoms with E-state index in [2.05, 4.69) is 5.32 Å². The molecule has 0 atom stereocenters. The Morgan fingerprint density at radius 3 is 1.94 bits per heavy atom. The van der Waals surface area contributed by atoms with Crippen molar-refractivity contribution in [3.05, 3.63) is 35.0 Å². The standard InChI is InChI=1S/C11H4F2N4O/c12-8-1-7(2-9(13)11(8)18)17-10(5-16)6(3-14)4-15/h1-2,17-18H. The zero-order valence-electron chi connectivity index (χ0n) is 8.70. The van der Waals surface area contributed by atoms with E-state index in [-0.39, 0.29) is 5.69 Å². The third-order valence-corrected chi connectivity index (χ3v) is 1.87. The van der Waals surface area contributed by atoms with Crippen molar-refractivity contribution in [2.75, 3.05) is 5.32 Å². The maximum atomic E-state index is 13.0. The van der Waals surface area contributed by atoms with Crippen molar-refractivity contribution < 1.29 is 13.9 Å². The monoisotopic (exact) mass is 246 g/mol. The number of anilines is 1. The van der Waals surface area contributed by atoms with E-state index in [0.29, 0.717) is 0 Å². The fourth-order valence-corrected chi connectivity index (χ4v) is 1.07. The summed E-state index contributed by atoms with van der Waals surface area (Å²) in [6.07, 6.45) is 0. The average Bonchev–Trinajstić information content (AvgIpc) is 2.35. The van der Waals surface area contributed by atoms with Gasteiger partial charge in [-0.05, 0) is 0 Å². The molecular weight excluding hydrogens is 242 g/mol. The topological polar surface area (TPSA) is 104 Å². The first-order valence-electron chi connectivity index (χ1n) is 4.43. The molecule has 0 aromatic heterocycles. The maximum absolute atomic E-state index is 13.0. The Labute approximate surface area is 100 Å². The summed E-state index contributed by atoms with van der Waals surface area (Å²) < 4.78 is 26.0. The SMILES string of the molecule is N#CC(C#N)=C(C#N)Nc1cc(F)c(O)c(F)c1. The van der Waals surface area contributed by atoms with E-state index in [1.54, 1.807) is 0 Å². The number of rotatable bonds is 2. The van der Waals surface area contributed by atoms with Gasteiger partial charge in [0.25, 0.3) is 0 Å². The quantitative estimate of drug-likeness (QED) is 0.612. The van der Waals surface area contributed by atoms with Crippen LogP contribution in [-0.2, 0) is 0 Å². The molecule has 5 nitrogen and oxygen atoms in total. The first-order chi connectivity index (χ1) is 8.53. The molecule has 7 heteroatoms. The lowest BCUT2D eigenvalue weighted by Crippen LogP contribution is -2.01. The highest BCUT2D eigenvalue weighted by Crippen LogP contribution is 2.25. The molecule has 18 heavy (non-hydrogen) atoms. The van der Waals surface area contributed by atoms with Gasteiger partial charge in [0.15, 0.2) is 23.0 Å². The van der Waals surface area contributed by atoms with Gasteiger partial charge in [-0.1, -0.05) is 0 Å². The van der Waals surface area contributed by atoms with Gasteiger partial charge in [-0.25, -0.2) is 8.78 Å². The van der Waals surface area contributed by atoms with Gasteiger partial charge in [0.2, 0.25) is 0 Å². The van der Waals surface area contributed by atoms with Crippen LogP contribution in [0.4, 0.5) is 14.5 Å². The molecule has 1 aromatic carbocycles. The van der Waals surface area contributed by atoms with E-state index in [1.807, 2.05) is 0 Å². The normalized spacial score (nSPS) is 8.61. The molecule has 0 bridgehead atoms. The van der Waals surface area contributed by atoms with Crippen LogP contribution < -0.4 is 5.32 Å². The lowest BCUT2D eigenvalue weighted by Gasteiger charge is -2.06. The van der Waals surface area contributed by atoms with Crippen LogP contribution in [0.1, 0.15) is 0 Å². The molecule has 0 fully saturated rings. The molecule has 2 N–H and O–H groups in total. The molecule has 0 spiro atoms. The van der Waals surface area contributed by atoms with Crippen molar-refractivity contribution in [1.29, 1.82) is 15.8 Å². The van der Waals surface area contributed by atoms with E-state index in [1.165, 1.54) is 18.2 Å². The van der Waals surface area contributed by atoms with E-state index >= 15 is 0 Å². The van der Waals surface area contributed by atoms with Crippen LogP contribution in [0.5, 0.6) is 5.75 Å². The minimum Gasteiger partial charge on any atom is -0.503 e. The van der Waals surface area contributed by atoms with Crippen molar-refractivity contribution >= 4 is 5.69 Å². The number of nitriles is 3. The van der Waals surface area contributed by atoms with Gasteiger partial charge in [-0.15, -0.1) is 0 Å². The molecule has 0 saturated carbocycles. The van der Waals surface area contributed by atoms with Gasteiger partial charge in [-0.3, -0.25) is 0 Å². The molecule has 0 aliphatic heterocycles. The predicted octanol–water partition coefficient (Wildman–Crippen LogP) is 1.91. The van der Waals surface area contributed by atoms with Gasteiger partial charge in [0, 0.05) is 17.8 Å². The van der Waals surface area contributed by atoms with Crippen LogP contribution in [0.25, 0.3) is 0 Å². The Hall–Kier alpha value is -3.11. The van der Waals surface area contributed by atoms with Gasteiger partial charge in [0.05, 0.1) is 0 Å². The summed E-state index contributed by atoms with van der Waals surface area (Å²) in [5.41, 5.74) is -1.17. The van der Waals surface area contributed by atoms with Gasteiger partial charge in [-0.2, -0.15) is 15.8 Å². The second-order valence-corrected chi connectivity index (χ2v) is 3.00. The Bertz CT molecular complexity index is 607. The predicted molar refractivity (Wildman–Crippen MR) is 55.5 cm³/mol. The maximum Gasteiger partial charge on any atom is 0.187 e. The number of hydrogen-bond donors (Lipinski definition) is 2. The molecule has 1 aromatic rings. The van der Waals surface area contributed by atoms with Crippen molar-refractivity contribution in [1.82, 2.24) is 0 Å². The lowest BCUT2D eigenvalue weighted by molar-refractivity contribution is 0.396.